The highest BCUT2D eigenvalue weighted by Gasteiger charge is 2.64. The summed E-state index contributed by atoms with van der Waals surface area (Å²) in [7, 11) is 0. The molecular weight excluding hydrogens is 318 g/mol. The Balaban J connectivity index is 1.67. The van der Waals surface area contributed by atoms with Crippen molar-refractivity contribution < 1.29 is 13.3 Å². The predicted molar refractivity (Wildman–Crippen MR) is 84.1 cm³/mol. The van der Waals surface area contributed by atoms with Gasteiger partial charge in [0.25, 0.3) is 5.92 Å². The lowest BCUT2D eigenvalue weighted by Gasteiger charge is -2.37. The molecule has 1 spiro atoms. The third kappa shape index (κ3) is 3.23. The predicted octanol–water partition coefficient (Wildman–Crippen LogP) is 3.72. The number of hydrogen-bond donors (Lipinski definition) is 1. The minimum atomic E-state index is -2.61. The zero-order valence-electron chi connectivity index (χ0n) is 13.0. The summed E-state index contributed by atoms with van der Waals surface area (Å²) in [4.78, 5) is 0.595. The summed E-state index contributed by atoms with van der Waals surface area (Å²) in [6.07, 6.45) is 1.54. The van der Waals surface area contributed by atoms with Crippen molar-refractivity contribution in [2.24, 2.45) is 11.3 Å². The van der Waals surface area contributed by atoms with Crippen molar-refractivity contribution in [3.8, 4) is 6.07 Å². The number of nitriles is 1. The molecule has 1 N–H and O–H groups in total. The zero-order chi connectivity index (χ0) is 16.7. The largest absolute Gasteiger partial charge is 0.593 e. The Morgan fingerprint density at radius 1 is 1.30 bits per heavy atom. The lowest BCUT2D eigenvalue weighted by molar-refractivity contribution is -0.114. The van der Waals surface area contributed by atoms with Gasteiger partial charge in [-0.1, -0.05) is 17.7 Å². The molecule has 3 rings (SSSR count). The lowest BCUT2D eigenvalue weighted by Crippen LogP contribution is -2.46. The third-order valence-corrected chi connectivity index (χ3v) is 6.36. The number of nitrogens with zero attached hydrogens (tertiary/aromatic N) is 1. The molecule has 0 amide bonds. The molecule has 0 saturated heterocycles. The van der Waals surface area contributed by atoms with Crippen LogP contribution in [0.1, 0.15) is 37.7 Å². The topological polar surface area (TPSA) is 58.9 Å². The van der Waals surface area contributed by atoms with E-state index in [0.29, 0.717) is 30.6 Å². The van der Waals surface area contributed by atoms with Gasteiger partial charge in [-0.15, -0.1) is 4.72 Å². The number of halogens is 2. The second kappa shape index (κ2) is 6.04. The van der Waals surface area contributed by atoms with Crippen LogP contribution in [0.4, 0.5) is 8.78 Å². The Bertz CT molecular complexity index is 610. The van der Waals surface area contributed by atoms with Crippen LogP contribution in [0.2, 0.25) is 0 Å². The maximum Gasteiger partial charge on any atom is 0.253 e. The monoisotopic (exact) mass is 338 g/mol. The van der Waals surface area contributed by atoms with E-state index < -0.39 is 28.7 Å². The summed E-state index contributed by atoms with van der Waals surface area (Å²) in [5.41, 5.74) is 0.158. The van der Waals surface area contributed by atoms with E-state index in [1.54, 1.807) is 12.1 Å². The van der Waals surface area contributed by atoms with Gasteiger partial charge in [0.2, 0.25) is 0 Å². The molecule has 0 bridgehead atoms. The first-order valence-electron chi connectivity index (χ1n) is 7.89. The van der Waals surface area contributed by atoms with Crippen LogP contribution in [0.25, 0.3) is 0 Å². The minimum Gasteiger partial charge on any atom is -0.593 e. The van der Waals surface area contributed by atoms with Crippen LogP contribution in [0.5, 0.6) is 0 Å². The highest BCUT2D eigenvalue weighted by Crippen LogP contribution is 2.65. The first-order valence-corrected chi connectivity index (χ1v) is 9.04. The van der Waals surface area contributed by atoms with Gasteiger partial charge < -0.3 is 4.55 Å². The van der Waals surface area contributed by atoms with E-state index in [4.69, 9.17) is 0 Å². The normalized spacial score (nSPS) is 27.2. The Hall–Kier alpha value is -1.16. The van der Waals surface area contributed by atoms with Crippen molar-refractivity contribution in [2.75, 3.05) is 0 Å². The highest BCUT2D eigenvalue weighted by molar-refractivity contribution is 7.89. The molecule has 2 saturated carbocycles. The average Bonchev–Trinajstić information content (AvgIpc) is 3.30. The molecule has 0 heterocycles. The van der Waals surface area contributed by atoms with Crippen LogP contribution in [0.3, 0.4) is 0 Å². The molecule has 1 unspecified atom stereocenters. The molecule has 2 fully saturated rings. The SMILES string of the molecule is Cc1ccc([S+]([O-])N[C@H](C#N)[C@@H]2CCC(F)(F)C3(CC3)C2)cc1. The van der Waals surface area contributed by atoms with Crippen molar-refractivity contribution >= 4 is 11.4 Å². The summed E-state index contributed by atoms with van der Waals surface area (Å²) in [5.74, 6) is -2.78. The van der Waals surface area contributed by atoms with E-state index in [1.807, 2.05) is 19.1 Å². The summed E-state index contributed by atoms with van der Waals surface area (Å²) in [6, 6.07) is 8.69. The van der Waals surface area contributed by atoms with Crippen LogP contribution < -0.4 is 4.72 Å². The van der Waals surface area contributed by atoms with Gasteiger partial charge in [-0.2, -0.15) is 5.26 Å². The number of hydrogen-bond acceptors (Lipinski definition) is 3. The van der Waals surface area contributed by atoms with Gasteiger partial charge in [0, 0.05) is 11.8 Å². The first-order chi connectivity index (χ1) is 10.9. The summed E-state index contributed by atoms with van der Waals surface area (Å²) in [5, 5.41) is 9.40. The molecule has 3 nitrogen and oxygen atoms in total. The van der Waals surface area contributed by atoms with Gasteiger partial charge in [-0.3, -0.25) is 0 Å². The molecule has 1 aromatic carbocycles. The maximum atomic E-state index is 14.0. The Morgan fingerprint density at radius 2 is 1.96 bits per heavy atom. The van der Waals surface area contributed by atoms with Gasteiger partial charge in [-0.05, 0) is 50.7 Å². The second-order valence-corrected chi connectivity index (χ2v) is 8.04. The fourth-order valence-corrected chi connectivity index (χ4v) is 4.46. The molecule has 6 heteroatoms. The number of rotatable bonds is 4. The van der Waals surface area contributed by atoms with Crippen LogP contribution in [-0.2, 0) is 11.4 Å². The van der Waals surface area contributed by atoms with E-state index >= 15 is 0 Å². The maximum absolute atomic E-state index is 14.0. The van der Waals surface area contributed by atoms with E-state index in [0.717, 1.165) is 5.56 Å². The standard InChI is InChI=1S/C17H20F2N2OS/c1-12-2-4-14(5-3-12)23(22)21-15(11-20)13-6-7-17(18,19)16(10-13)8-9-16/h2-5,13,15,21H,6-10H2,1H3/t13-,15-,23?/m1/s1. The van der Waals surface area contributed by atoms with Crippen LogP contribution in [0, 0.1) is 29.6 Å². The molecule has 23 heavy (non-hydrogen) atoms. The van der Waals surface area contributed by atoms with Gasteiger partial charge in [0.1, 0.15) is 6.04 Å². The van der Waals surface area contributed by atoms with Gasteiger partial charge in [-0.25, -0.2) is 8.78 Å². The van der Waals surface area contributed by atoms with Crippen LogP contribution in [-0.4, -0.2) is 16.5 Å². The number of nitrogens with one attached hydrogen (secondary N) is 1. The van der Waals surface area contributed by atoms with E-state index in [1.165, 1.54) is 0 Å². The van der Waals surface area contributed by atoms with Crippen molar-refractivity contribution in [3.05, 3.63) is 29.8 Å². The number of benzene rings is 1. The number of alkyl halides is 2. The summed E-state index contributed by atoms with van der Waals surface area (Å²) in [6.45, 7) is 1.94. The minimum absolute atomic E-state index is 0.170. The third-order valence-electron chi connectivity index (χ3n) is 5.19. The molecule has 0 radical (unpaired) electrons. The molecule has 2 aliphatic carbocycles. The molecular formula is C17H20F2N2OS. The van der Waals surface area contributed by atoms with Gasteiger partial charge in [0.05, 0.1) is 17.4 Å². The van der Waals surface area contributed by atoms with Crippen molar-refractivity contribution in [3.63, 3.8) is 0 Å². The Labute approximate surface area is 138 Å². The van der Waals surface area contributed by atoms with Crippen LogP contribution >= 0.6 is 0 Å². The smallest absolute Gasteiger partial charge is 0.253 e. The Morgan fingerprint density at radius 3 is 2.52 bits per heavy atom. The van der Waals surface area contributed by atoms with E-state index in [9.17, 15) is 18.6 Å². The molecule has 0 aliphatic heterocycles. The zero-order valence-corrected chi connectivity index (χ0v) is 13.8. The average molecular weight is 338 g/mol. The lowest BCUT2D eigenvalue weighted by atomic mass is 9.74. The van der Waals surface area contributed by atoms with Crippen LogP contribution in [0.15, 0.2) is 29.2 Å². The second-order valence-electron chi connectivity index (χ2n) is 6.79. The van der Waals surface area contributed by atoms with Crippen molar-refractivity contribution in [1.82, 2.24) is 4.72 Å². The first kappa shape index (κ1) is 16.7. The van der Waals surface area contributed by atoms with Gasteiger partial charge >= 0.3 is 0 Å². The fraction of sp³-hybridized carbons (Fsp3) is 0.588. The molecule has 1 aromatic rings. The molecule has 2 aliphatic rings. The molecule has 3 atom stereocenters. The number of aryl methyl sites for hydroxylation is 1. The van der Waals surface area contributed by atoms with E-state index in [2.05, 4.69) is 10.8 Å². The highest BCUT2D eigenvalue weighted by atomic mass is 32.2. The Kier molecular flexibility index (Phi) is 4.39. The quantitative estimate of drug-likeness (QED) is 0.851. The van der Waals surface area contributed by atoms with Crippen molar-refractivity contribution in [1.29, 1.82) is 5.26 Å². The molecule has 0 aromatic heterocycles. The van der Waals surface area contributed by atoms with Crippen molar-refractivity contribution in [2.45, 2.75) is 55.9 Å². The summed E-state index contributed by atoms with van der Waals surface area (Å²) >= 11 is -1.51. The van der Waals surface area contributed by atoms with Gasteiger partial charge in [0.15, 0.2) is 4.90 Å². The fourth-order valence-electron chi connectivity index (χ4n) is 3.46. The molecule has 124 valence electrons. The van der Waals surface area contributed by atoms with E-state index in [-0.39, 0.29) is 12.3 Å². The summed E-state index contributed by atoms with van der Waals surface area (Å²) < 4.78 is 43.2.